The summed E-state index contributed by atoms with van der Waals surface area (Å²) in [5.74, 6) is -0.134. The standard InChI is InChI=1S/C23H19BrN4OS/c24-19-7-9-20(10-8-19)30-23-21(2-1-11-26-23)22(29)27-14-17-3-5-18(6-4-17)15-28-13-12-25-16-28/h1-13,16H,14-15H2,(H,27,29). The molecule has 150 valence electrons. The molecule has 0 fully saturated rings. The van der Waals surface area contributed by atoms with E-state index in [1.165, 1.54) is 17.3 Å². The second-order valence-corrected chi connectivity index (χ2v) is 8.62. The van der Waals surface area contributed by atoms with E-state index in [9.17, 15) is 4.79 Å². The molecule has 4 aromatic rings. The number of hydrogen-bond acceptors (Lipinski definition) is 4. The molecule has 0 spiro atoms. The highest BCUT2D eigenvalue weighted by molar-refractivity contribution is 9.10. The van der Waals surface area contributed by atoms with E-state index < -0.39 is 0 Å². The molecule has 0 atom stereocenters. The summed E-state index contributed by atoms with van der Waals surface area (Å²) in [5.41, 5.74) is 2.80. The van der Waals surface area contributed by atoms with Gasteiger partial charge in [0.1, 0.15) is 5.03 Å². The summed E-state index contributed by atoms with van der Waals surface area (Å²) in [7, 11) is 0. The SMILES string of the molecule is O=C(NCc1ccc(Cn2ccnc2)cc1)c1cccnc1Sc1ccc(Br)cc1. The van der Waals surface area contributed by atoms with Crippen LogP contribution >= 0.6 is 27.7 Å². The second-order valence-electron chi connectivity index (χ2n) is 6.65. The van der Waals surface area contributed by atoms with Crippen LogP contribution in [0.5, 0.6) is 0 Å². The maximum atomic E-state index is 12.8. The molecule has 2 heterocycles. The van der Waals surface area contributed by atoms with E-state index in [0.717, 1.165) is 21.5 Å². The third-order valence-corrected chi connectivity index (χ3v) is 6.00. The van der Waals surface area contributed by atoms with Crippen LogP contribution in [-0.4, -0.2) is 20.4 Å². The molecular formula is C23H19BrN4OS. The van der Waals surface area contributed by atoms with Crippen LogP contribution in [0, 0.1) is 0 Å². The molecule has 0 aliphatic carbocycles. The average molecular weight is 479 g/mol. The van der Waals surface area contributed by atoms with Gasteiger partial charge < -0.3 is 9.88 Å². The van der Waals surface area contributed by atoms with E-state index in [0.29, 0.717) is 17.1 Å². The molecule has 5 nitrogen and oxygen atoms in total. The van der Waals surface area contributed by atoms with E-state index in [4.69, 9.17) is 0 Å². The van der Waals surface area contributed by atoms with Crippen LogP contribution in [0.25, 0.3) is 0 Å². The monoisotopic (exact) mass is 478 g/mol. The summed E-state index contributed by atoms with van der Waals surface area (Å²) in [4.78, 5) is 22.3. The minimum atomic E-state index is -0.134. The van der Waals surface area contributed by atoms with Gasteiger partial charge in [-0.15, -0.1) is 0 Å². The Morgan fingerprint density at radius 3 is 2.50 bits per heavy atom. The Labute approximate surface area is 187 Å². The van der Waals surface area contributed by atoms with Crippen molar-refractivity contribution in [2.45, 2.75) is 23.0 Å². The first-order chi connectivity index (χ1) is 14.7. The van der Waals surface area contributed by atoms with Crippen molar-refractivity contribution in [2.75, 3.05) is 0 Å². The number of hydrogen-bond donors (Lipinski definition) is 1. The van der Waals surface area contributed by atoms with E-state index in [2.05, 4.69) is 43.3 Å². The molecule has 1 amide bonds. The lowest BCUT2D eigenvalue weighted by molar-refractivity contribution is 0.0947. The van der Waals surface area contributed by atoms with Gasteiger partial charge in [0.15, 0.2) is 0 Å². The molecule has 0 bridgehead atoms. The van der Waals surface area contributed by atoms with Gasteiger partial charge in [-0.1, -0.05) is 52.0 Å². The highest BCUT2D eigenvalue weighted by atomic mass is 79.9. The number of benzene rings is 2. The van der Waals surface area contributed by atoms with Gasteiger partial charge in [-0.05, 0) is 47.5 Å². The van der Waals surface area contributed by atoms with Gasteiger partial charge in [-0.25, -0.2) is 9.97 Å². The first-order valence-corrected chi connectivity index (χ1v) is 11.0. The minimum absolute atomic E-state index is 0.134. The molecule has 7 heteroatoms. The average Bonchev–Trinajstić information content (AvgIpc) is 3.28. The lowest BCUT2D eigenvalue weighted by Crippen LogP contribution is -2.23. The smallest absolute Gasteiger partial charge is 0.254 e. The van der Waals surface area contributed by atoms with Crippen molar-refractivity contribution < 1.29 is 4.79 Å². The zero-order valence-electron chi connectivity index (χ0n) is 16.0. The number of carbonyl (C=O) groups excluding carboxylic acids is 1. The molecule has 4 rings (SSSR count). The highest BCUT2D eigenvalue weighted by Crippen LogP contribution is 2.29. The molecule has 0 aliphatic heterocycles. The van der Waals surface area contributed by atoms with Crippen molar-refractivity contribution in [1.29, 1.82) is 0 Å². The van der Waals surface area contributed by atoms with E-state index >= 15 is 0 Å². The fourth-order valence-corrected chi connectivity index (χ4v) is 4.03. The quantitative estimate of drug-likeness (QED) is 0.397. The summed E-state index contributed by atoms with van der Waals surface area (Å²) >= 11 is 4.91. The number of carbonyl (C=O) groups is 1. The van der Waals surface area contributed by atoms with E-state index in [1.54, 1.807) is 30.9 Å². The Morgan fingerprint density at radius 1 is 1.00 bits per heavy atom. The molecule has 0 saturated heterocycles. The highest BCUT2D eigenvalue weighted by Gasteiger charge is 2.13. The van der Waals surface area contributed by atoms with Crippen molar-refractivity contribution >= 4 is 33.6 Å². The van der Waals surface area contributed by atoms with Crippen molar-refractivity contribution in [1.82, 2.24) is 19.9 Å². The molecule has 0 saturated carbocycles. The first-order valence-electron chi connectivity index (χ1n) is 9.37. The van der Waals surface area contributed by atoms with Crippen molar-refractivity contribution in [2.24, 2.45) is 0 Å². The van der Waals surface area contributed by atoms with Crippen molar-refractivity contribution in [3.05, 3.63) is 107 Å². The largest absolute Gasteiger partial charge is 0.348 e. The van der Waals surface area contributed by atoms with Gasteiger partial charge in [-0.2, -0.15) is 0 Å². The van der Waals surface area contributed by atoms with Crippen LogP contribution in [0.15, 0.2) is 100.0 Å². The Morgan fingerprint density at radius 2 is 1.77 bits per heavy atom. The van der Waals surface area contributed by atoms with Crippen LogP contribution < -0.4 is 5.32 Å². The van der Waals surface area contributed by atoms with E-state index in [-0.39, 0.29) is 5.91 Å². The number of nitrogens with one attached hydrogen (secondary N) is 1. The zero-order valence-corrected chi connectivity index (χ0v) is 18.4. The molecular weight excluding hydrogens is 460 g/mol. The third-order valence-electron chi connectivity index (χ3n) is 4.44. The lowest BCUT2D eigenvalue weighted by atomic mass is 10.1. The van der Waals surface area contributed by atoms with Gasteiger partial charge in [0.05, 0.1) is 11.9 Å². The van der Waals surface area contributed by atoms with Gasteiger partial charge in [-0.3, -0.25) is 4.79 Å². The molecule has 2 aromatic carbocycles. The second kappa shape index (κ2) is 9.73. The number of nitrogens with zero attached hydrogens (tertiary/aromatic N) is 3. The normalized spacial score (nSPS) is 10.7. The fourth-order valence-electron chi connectivity index (χ4n) is 2.89. The fraction of sp³-hybridized carbons (Fsp3) is 0.0870. The lowest BCUT2D eigenvalue weighted by Gasteiger charge is -2.10. The maximum absolute atomic E-state index is 12.8. The van der Waals surface area contributed by atoms with Crippen molar-refractivity contribution in [3.63, 3.8) is 0 Å². The molecule has 0 aliphatic rings. The summed E-state index contributed by atoms with van der Waals surface area (Å²) in [6.45, 7) is 1.24. The number of rotatable bonds is 7. The summed E-state index contributed by atoms with van der Waals surface area (Å²) in [6, 6.07) is 19.7. The minimum Gasteiger partial charge on any atom is -0.348 e. The number of imidazole rings is 1. The van der Waals surface area contributed by atoms with E-state index in [1.807, 2.05) is 47.2 Å². The first kappa shape index (κ1) is 20.4. The zero-order chi connectivity index (χ0) is 20.8. The summed E-state index contributed by atoms with van der Waals surface area (Å²) in [6.07, 6.45) is 7.21. The number of halogens is 1. The van der Waals surface area contributed by atoms with Crippen LogP contribution in [0.3, 0.4) is 0 Å². The van der Waals surface area contributed by atoms with Crippen LogP contribution in [-0.2, 0) is 13.1 Å². The number of aromatic nitrogens is 3. The van der Waals surface area contributed by atoms with Crippen LogP contribution in [0.2, 0.25) is 0 Å². The molecule has 1 N–H and O–H groups in total. The van der Waals surface area contributed by atoms with Gasteiger partial charge in [0, 0.05) is 41.0 Å². The third kappa shape index (κ3) is 5.37. The molecule has 2 aromatic heterocycles. The Kier molecular flexibility index (Phi) is 6.61. The Bertz CT molecular complexity index is 1110. The predicted octanol–water partition coefficient (Wildman–Crippen LogP) is 5.17. The predicted molar refractivity (Wildman–Crippen MR) is 121 cm³/mol. The van der Waals surface area contributed by atoms with Gasteiger partial charge in [0.2, 0.25) is 0 Å². The van der Waals surface area contributed by atoms with Crippen molar-refractivity contribution in [3.8, 4) is 0 Å². The van der Waals surface area contributed by atoms with Crippen LogP contribution in [0.4, 0.5) is 0 Å². The topological polar surface area (TPSA) is 59.8 Å². The summed E-state index contributed by atoms with van der Waals surface area (Å²) < 4.78 is 3.03. The van der Waals surface area contributed by atoms with Gasteiger partial charge in [0.25, 0.3) is 5.91 Å². The maximum Gasteiger partial charge on any atom is 0.254 e. The Balaban J connectivity index is 1.38. The van der Waals surface area contributed by atoms with Gasteiger partial charge >= 0.3 is 0 Å². The molecule has 0 unspecified atom stereocenters. The Hall–Kier alpha value is -2.90. The van der Waals surface area contributed by atoms with Crippen LogP contribution in [0.1, 0.15) is 21.5 Å². The number of amides is 1. The summed E-state index contributed by atoms with van der Waals surface area (Å²) in [5, 5.41) is 3.69. The number of pyridine rings is 1. The molecule has 30 heavy (non-hydrogen) atoms. The molecule has 0 radical (unpaired) electrons.